The normalized spacial score (nSPS) is 13.4. The summed E-state index contributed by atoms with van der Waals surface area (Å²) >= 11 is 0. The number of esters is 1. The maximum atomic E-state index is 13.3. The Morgan fingerprint density at radius 2 is 0.785 bits per heavy atom. The SMILES string of the molecule is CCCCCCCC/C=C/CCCCCCCCCC(=O)OC(CCCCC/C=C/C=C/CCCCCCCCC)CC(=O)NC(CO)C(O)CCCCCCCCCCCCCCC. The summed E-state index contributed by atoms with van der Waals surface area (Å²) < 4.78 is 5.95. The van der Waals surface area contributed by atoms with Crippen molar-refractivity contribution in [3.8, 4) is 0 Å². The molecule has 0 rings (SSSR count). The Bertz CT molecular complexity index is 1070. The highest BCUT2D eigenvalue weighted by Crippen LogP contribution is 2.18. The standard InChI is InChI=1S/C59H111NO5/c1-4-7-10-13-16-19-22-25-27-29-31-34-37-40-43-46-49-52-59(64)65-55(50-47-44-41-38-35-33-30-28-26-23-20-17-14-11-8-5-2)53-58(63)60-56(54-61)57(62)51-48-45-42-39-36-32-24-21-18-15-12-9-6-3/h25,27-28,30,33,35,55-57,61-62H,4-24,26,29,31-32,34,36-54H2,1-3H3,(H,60,63)/b27-25+,30-28+,35-33+. The molecule has 3 atom stereocenters. The van der Waals surface area contributed by atoms with E-state index in [0.29, 0.717) is 19.3 Å². The fourth-order valence-electron chi connectivity index (χ4n) is 8.83. The Balaban J connectivity index is 4.60. The first kappa shape index (κ1) is 63.1. The lowest BCUT2D eigenvalue weighted by Crippen LogP contribution is -2.46. The first-order valence-electron chi connectivity index (χ1n) is 28.7. The van der Waals surface area contributed by atoms with Gasteiger partial charge in [-0.15, -0.1) is 0 Å². The number of carbonyl (C=O) groups is 2. The van der Waals surface area contributed by atoms with Crippen LogP contribution in [0.15, 0.2) is 36.5 Å². The molecule has 0 aliphatic heterocycles. The maximum Gasteiger partial charge on any atom is 0.306 e. The molecule has 0 bridgehead atoms. The summed E-state index contributed by atoms with van der Waals surface area (Å²) in [5.41, 5.74) is 0. The number of ether oxygens (including phenoxy) is 1. The second kappa shape index (κ2) is 53.0. The van der Waals surface area contributed by atoms with Crippen molar-refractivity contribution in [1.29, 1.82) is 0 Å². The first-order chi connectivity index (χ1) is 32.0. The lowest BCUT2D eigenvalue weighted by atomic mass is 10.0. The number of nitrogens with one attached hydrogen (secondary N) is 1. The molecule has 0 aromatic rings. The minimum absolute atomic E-state index is 0.0609. The third-order valence-corrected chi connectivity index (χ3v) is 13.2. The molecule has 65 heavy (non-hydrogen) atoms. The molecule has 1 amide bonds. The van der Waals surface area contributed by atoms with Crippen LogP contribution in [0, 0.1) is 0 Å². The van der Waals surface area contributed by atoms with E-state index in [9.17, 15) is 19.8 Å². The third kappa shape index (κ3) is 48.3. The molecule has 0 saturated carbocycles. The van der Waals surface area contributed by atoms with Crippen LogP contribution < -0.4 is 5.32 Å². The van der Waals surface area contributed by atoms with Crippen LogP contribution in [0.2, 0.25) is 0 Å². The van der Waals surface area contributed by atoms with Gasteiger partial charge in [0.05, 0.1) is 25.2 Å². The summed E-state index contributed by atoms with van der Waals surface area (Å²) in [6.45, 7) is 6.49. The minimum atomic E-state index is -0.794. The number of allylic oxidation sites excluding steroid dienone is 6. The lowest BCUT2D eigenvalue weighted by Gasteiger charge is -2.24. The van der Waals surface area contributed by atoms with Crippen LogP contribution >= 0.6 is 0 Å². The van der Waals surface area contributed by atoms with Gasteiger partial charge in [-0.3, -0.25) is 9.59 Å². The molecule has 6 heteroatoms. The van der Waals surface area contributed by atoms with Crippen molar-refractivity contribution in [1.82, 2.24) is 5.32 Å². The van der Waals surface area contributed by atoms with Crippen LogP contribution in [0.3, 0.4) is 0 Å². The van der Waals surface area contributed by atoms with Gasteiger partial charge in [0.1, 0.15) is 6.10 Å². The number of rotatable bonds is 52. The van der Waals surface area contributed by atoms with Crippen LogP contribution in [-0.4, -0.2) is 46.9 Å². The van der Waals surface area contributed by atoms with Gasteiger partial charge < -0.3 is 20.3 Å². The number of unbranched alkanes of at least 4 members (excludes halogenated alkanes) is 35. The number of amides is 1. The summed E-state index contributed by atoms with van der Waals surface area (Å²) in [6, 6.07) is -0.709. The van der Waals surface area contributed by atoms with Crippen molar-refractivity contribution >= 4 is 11.9 Å². The number of aliphatic hydroxyl groups excluding tert-OH is 2. The molecule has 0 spiro atoms. The van der Waals surface area contributed by atoms with Crippen molar-refractivity contribution in [3.63, 3.8) is 0 Å². The number of hydrogen-bond acceptors (Lipinski definition) is 5. The van der Waals surface area contributed by atoms with Gasteiger partial charge in [0.15, 0.2) is 0 Å². The molecular weight excluding hydrogens is 803 g/mol. The zero-order valence-electron chi connectivity index (χ0n) is 43.6. The Morgan fingerprint density at radius 3 is 1.20 bits per heavy atom. The molecule has 3 unspecified atom stereocenters. The Labute approximate surface area is 404 Å². The van der Waals surface area contributed by atoms with E-state index in [1.807, 2.05) is 0 Å². The van der Waals surface area contributed by atoms with Gasteiger partial charge in [0.2, 0.25) is 5.91 Å². The van der Waals surface area contributed by atoms with E-state index >= 15 is 0 Å². The predicted octanol–water partition coefficient (Wildman–Crippen LogP) is 17.6. The molecule has 0 radical (unpaired) electrons. The summed E-state index contributed by atoms with van der Waals surface area (Å²) in [5, 5.41) is 23.8. The molecule has 3 N–H and O–H groups in total. The summed E-state index contributed by atoms with van der Waals surface area (Å²) in [6.07, 6.45) is 63.5. The average molecular weight is 915 g/mol. The number of carbonyl (C=O) groups excluding carboxylic acids is 2. The second-order valence-corrected chi connectivity index (χ2v) is 19.7. The fraction of sp³-hybridized carbons (Fsp3) is 0.864. The van der Waals surface area contributed by atoms with Crippen molar-refractivity contribution in [2.75, 3.05) is 6.61 Å². The number of aliphatic hydroxyl groups is 2. The molecule has 0 fully saturated rings. The summed E-state index contributed by atoms with van der Waals surface area (Å²) in [4.78, 5) is 26.3. The Morgan fingerprint density at radius 1 is 0.446 bits per heavy atom. The van der Waals surface area contributed by atoms with Crippen LogP contribution in [0.1, 0.15) is 303 Å². The van der Waals surface area contributed by atoms with Gasteiger partial charge in [-0.25, -0.2) is 0 Å². The average Bonchev–Trinajstić information content (AvgIpc) is 3.30. The topological polar surface area (TPSA) is 95.9 Å². The second-order valence-electron chi connectivity index (χ2n) is 19.7. The van der Waals surface area contributed by atoms with E-state index in [4.69, 9.17) is 4.74 Å². The van der Waals surface area contributed by atoms with Gasteiger partial charge in [0.25, 0.3) is 0 Å². The van der Waals surface area contributed by atoms with Crippen LogP contribution in [0.25, 0.3) is 0 Å². The summed E-state index contributed by atoms with van der Waals surface area (Å²) in [7, 11) is 0. The number of hydrogen-bond donors (Lipinski definition) is 3. The molecule has 6 nitrogen and oxygen atoms in total. The third-order valence-electron chi connectivity index (χ3n) is 13.2. The molecular formula is C59H111NO5. The Hall–Kier alpha value is -1.92. The fourth-order valence-corrected chi connectivity index (χ4v) is 8.83. The van der Waals surface area contributed by atoms with Crippen LogP contribution in [0.5, 0.6) is 0 Å². The highest BCUT2D eigenvalue weighted by atomic mass is 16.5. The van der Waals surface area contributed by atoms with Gasteiger partial charge in [-0.2, -0.15) is 0 Å². The van der Waals surface area contributed by atoms with E-state index in [-0.39, 0.29) is 24.9 Å². The van der Waals surface area contributed by atoms with E-state index in [1.165, 1.54) is 186 Å². The maximum absolute atomic E-state index is 13.3. The van der Waals surface area contributed by atoms with Crippen LogP contribution in [0.4, 0.5) is 0 Å². The smallest absolute Gasteiger partial charge is 0.306 e. The molecule has 0 heterocycles. The molecule has 0 aromatic carbocycles. The van der Waals surface area contributed by atoms with Gasteiger partial charge >= 0.3 is 5.97 Å². The zero-order valence-corrected chi connectivity index (χ0v) is 43.6. The molecule has 0 aliphatic rings. The van der Waals surface area contributed by atoms with E-state index in [0.717, 1.165) is 70.6 Å². The highest BCUT2D eigenvalue weighted by Gasteiger charge is 2.24. The minimum Gasteiger partial charge on any atom is -0.462 e. The van der Waals surface area contributed by atoms with Gasteiger partial charge in [0, 0.05) is 6.42 Å². The molecule has 0 aromatic heterocycles. The largest absolute Gasteiger partial charge is 0.462 e. The first-order valence-corrected chi connectivity index (χ1v) is 28.7. The van der Waals surface area contributed by atoms with Crippen LogP contribution in [-0.2, 0) is 14.3 Å². The van der Waals surface area contributed by atoms with Gasteiger partial charge in [-0.1, -0.05) is 250 Å². The summed E-state index contributed by atoms with van der Waals surface area (Å²) in [5.74, 6) is -0.492. The monoisotopic (exact) mass is 914 g/mol. The van der Waals surface area contributed by atoms with Crippen molar-refractivity contribution in [2.24, 2.45) is 0 Å². The zero-order chi connectivity index (χ0) is 47.4. The van der Waals surface area contributed by atoms with E-state index in [1.54, 1.807) is 0 Å². The van der Waals surface area contributed by atoms with Crippen molar-refractivity contribution in [2.45, 2.75) is 322 Å². The molecule has 382 valence electrons. The Kier molecular flexibility index (Phi) is 51.5. The lowest BCUT2D eigenvalue weighted by molar-refractivity contribution is -0.151. The van der Waals surface area contributed by atoms with E-state index in [2.05, 4.69) is 62.5 Å². The van der Waals surface area contributed by atoms with E-state index < -0.39 is 18.2 Å². The highest BCUT2D eigenvalue weighted by molar-refractivity contribution is 5.77. The van der Waals surface area contributed by atoms with Gasteiger partial charge in [-0.05, 0) is 77.0 Å². The molecule has 0 saturated heterocycles. The predicted molar refractivity (Wildman–Crippen MR) is 282 cm³/mol. The van der Waals surface area contributed by atoms with Crippen molar-refractivity contribution < 1.29 is 24.5 Å². The van der Waals surface area contributed by atoms with Crippen molar-refractivity contribution in [3.05, 3.63) is 36.5 Å². The quantitative estimate of drug-likeness (QED) is 0.0244. The molecule has 0 aliphatic carbocycles.